The van der Waals surface area contributed by atoms with E-state index in [2.05, 4.69) is 10.3 Å². The number of nitrogens with one attached hydrogen (secondary N) is 1. The molecule has 3 rings (SSSR count). The molecule has 1 atom stereocenters. The van der Waals surface area contributed by atoms with Gasteiger partial charge in [0.25, 0.3) is 5.91 Å². The van der Waals surface area contributed by atoms with Crippen molar-refractivity contribution in [3.8, 4) is 0 Å². The Bertz CT molecular complexity index is 1040. The minimum atomic E-state index is -2.00. The molecule has 1 amide bonds. The number of carbonyl (C=O) groups excluding carboxylic acids is 1. The van der Waals surface area contributed by atoms with E-state index in [-0.39, 0.29) is 10.5 Å². The summed E-state index contributed by atoms with van der Waals surface area (Å²) >= 11 is 5.76. The van der Waals surface area contributed by atoms with Crippen LogP contribution < -0.4 is 11.0 Å². The molecule has 1 heterocycles. The van der Waals surface area contributed by atoms with Crippen molar-refractivity contribution in [2.75, 3.05) is 5.32 Å². The van der Waals surface area contributed by atoms with Crippen LogP contribution in [0, 0.1) is 5.82 Å². The van der Waals surface area contributed by atoms with Crippen LogP contribution in [0.4, 0.5) is 10.2 Å². The van der Waals surface area contributed by atoms with Gasteiger partial charge in [0, 0.05) is 10.6 Å². The van der Waals surface area contributed by atoms with Crippen molar-refractivity contribution in [2.24, 2.45) is 0 Å². The molecule has 0 bridgehead atoms. The molecule has 0 aliphatic heterocycles. The molecule has 1 aromatic heterocycles. The maximum absolute atomic E-state index is 14.3. The standard InChI is InChI=1S/C17H11ClFN3O3S/c18-12-6-8-13(9-7-12)26(25)22-10-14(19)15(21-17(22)24)20-16(23)11-4-2-1-3-5-11/h1-10H,(H,20,21,23,24). The van der Waals surface area contributed by atoms with Crippen molar-refractivity contribution >= 4 is 34.3 Å². The quantitative estimate of drug-likeness (QED) is 0.741. The lowest BCUT2D eigenvalue weighted by atomic mass is 10.2. The van der Waals surface area contributed by atoms with Gasteiger partial charge in [-0.1, -0.05) is 29.8 Å². The van der Waals surface area contributed by atoms with E-state index in [4.69, 9.17) is 11.6 Å². The Hall–Kier alpha value is -2.84. The third-order valence-corrected chi connectivity index (χ3v) is 4.86. The highest BCUT2D eigenvalue weighted by molar-refractivity contribution is 7.83. The molecule has 0 radical (unpaired) electrons. The van der Waals surface area contributed by atoms with Crippen LogP contribution in [0.1, 0.15) is 10.4 Å². The predicted molar refractivity (Wildman–Crippen MR) is 96.1 cm³/mol. The Morgan fingerprint density at radius 3 is 2.42 bits per heavy atom. The first-order valence-electron chi connectivity index (χ1n) is 7.29. The predicted octanol–water partition coefficient (Wildman–Crippen LogP) is 2.86. The van der Waals surface area contributed by atoms with Crippen molar-refractivity contribution in [1.82, 2.24) is 8.96 Å². The maximum Gasteiger partial charge on any atom is 0.362 e. The number of hydrogen-bond donors (Lipinski definition) is 1. The van der Waals surface area contributed by atoms with E-state index in [1.165, 1.54) is 36.4 Å². The average molecular weight is 392 g/mol. The summed E-state index contributed by atoms with van der Waals surface area (Å²) in [5, 5.41) is 2.66. The van der Waals surface area contributed by atoms with Gasteiger partial charge in [0.2, 0.25) is 0 Å². The van der Waals surface area contributed by atoms with Gasteiger partial charge in [-0.25, -0.2) is 17.4 Å². The zero-order valence-electron chi connectivity index (χ0n) is 13.1. The Morgan fingerprint density at radius 1 is 1.12 bits per heavy atom. The normalized spacial score (nSPS) is 11.8. The molecule has 6 nitrogen and oxygen atoms in total. The number of benzene rings is 2. The van der Waals surface area contributed by atoms with Gasteiger partial charge in [0.05, 0.1) is 11.1 Å². The monoisotopic (exact) mass is 391 g/mol. The summed E-state index contributed by atoms with van der Waals surface area (Å²) in [6.45, 7) is 0. The Labute approximate surface area is 154 Å². The van der Waals surface area contributed by atoms with Crippen LogP contribution in [0.3, 0.4) is 0 Å². The summed E-state index contributed by atoms with van der Waals surface area (Å²) in [6.07, 6.45) is 0.737. The van der Waals surface area contributed by atoms with Crippen LogP contribution in [0.5, 0.6) is 0 Å². The van der Waals surface area contributed by atoms with Crippen molar-refractivity contribution in [3.63, 3.8) is 0 Å². The van der Waals surface area contributed by atoms with E-state index >= 15 is 0 Å². The first kappa shape index (κ1) is 18.0. The molecular weight excluding hydrogens is 381 g/mol. The molecule has 0 aliphatic carbocycles. The number of anilines is 1. The first-order valence-corrected chi connectivity index (χ1v) is 8.77. The van der Waals surface area contributed by atoms with Gasteiger partial charge in [-0.15, -0.1) is 0 Å². The minimum Gasteiger partial charge on any atom is -0.304 e. The van der Waals surface area contributed by atoms with E-state index in [0.717, 1.165) is 6.20 Å². The van der Waals surface area contributed by atoms with Gasteiger partial charge >= 0.3 is 5.69 Å². The highest BCUT2D eigenvalue weighted by atomic mass is 35.5. The Kier molecular flexibility index (Phi) is 5.24. The van der Waals surface area contributed by atoms with Gasteiger partial charge in [0.1, 0.15) is 0 Å². The molecule has 9 heteroatoms. The maximum atomic E-state index is 14.3. The molecule has 3 aromatic rings. The van der Waals surface area contributed by atoms with E-state index in [9.17, 15) is 18.2 Å². The van der Waals surface area contributed by atoms with E-state index in [1.807, 2.05) is 0 Å². The number of aromatic nitrogens is 2. The van der Waals surface area contributed by atoms with Gasteiger partial charge in [-0.05, 0) is 36.4 Å². The molecule has 132 valence electrons. The van der Waals surface area contributed by atoms with Gasteiger partial charge in [-0.3, -0.25) is 4.79 Å². The second-order valence-electron chi connectivity index (χ2n) is 5.07. The number of carbonyl (C=O) groups is 1. The topological polar surface area (TPSA) is 81.1 Å². The SMILES string of the molecule is O=C(Nc1nc(=O)n(S(=O)c2ccc(Cl)cc2)cc1F)c1ccccc1. The fourth-order valence-electron chi connectivity index (χ4n) is 2.06. The second kappa shape index (κ2) is 7.59. The average Bonchev–Trinajstić information content (AvgIpc) is 2.65. The fraction of sp³-hybridized carbons (Fsp3) is 0. The lowest BCUT2D eigenvalue weighted by Crippen LogP contribution is -2.28. The molecule has 1 unspecified atom stereocenters. The van der Waals surface area contributed by atoms with Crippen molar-refractivity contribution in [3.05, 3.63) is 87.7 Å². The summed E-state index contributed by atoms with van der Waals surface area (Å²) in [5.41, 5.74) is -0.689. The van der Waals surface area contributed by atoms with Crippen LogP contribution >= 0.6 is 11.6 Å². The molecule has 26 heavy (non-hydrogen) atoms. The lowest BCUT2D eigenvalue weighted by Gasteiger charge is -2.09. The number of nitrogens with zero attached hydrogens (tertiary/aromatic N) is 2. The van der Waals surface area contributed by atoms with Crippen LogP contribution in [0.15, 0.2) is 70.5 Å². The van der Waals surface area contributed by atoms with Crippen LogP contribution in [0.2, 0.25) is 5.02 Å². The number of rotatable bonds is 4. The number of hydrogen-bond acceptors (Lipinski definition) is 4. The van der Waals surface area contributed by atoms with E-state index in [0.29, 0.717) is 9.00 Å². The molecule has 0 saturated carbocycles. The minimum absolute atomic E-state index is 0.249. The molecule has 0 aliphatic rings. The Balaban J connectivity index is 1.89. The molecular formula is C17H11ClFN3O3S. The number of amides is 1. The summed E-state index contributed by atoms with van der Waals surface area (Å²) in [6, 6.07) is 14.0. The molecule has 0 saturated heterocycles. The summed E-state index contributed by atoms with van der Waals surface area (Å²) in [7, 11) is -2.00. The van der Waals surface area contributed by atoms with Gasteiger partial charge in [0.15, 0.2) is 22.6 Å². The third-order valence-electron chi connectivity index (χ3n) is 3.31. The molecule has 2 aromatic carbocycles. The van der Waals surface area contributed by atoms with Crippen molar-refractivity contribution in [1.29, 1.82) is 0 Å². The summed E-state index contributed by atoms with van der Waals surface area (Å²) < 4.78 is 27.3. The zero-order valence-corrected chi connectivity index (χ0v) is 14.6. The first-order chi connectivity index (χ1) is 12.5. The Morgan fingerprint density at radius 2 is 1.77 bits per heavy atom. The largest absolute Gasteiger partial charge is 0.362 e. The van der Waals surface area contributed by atoms with Crippen LogP contribution in [-0.2, 0) is 11.0 Å². The second-order valence-corrected chi connectivity index (χ2v) is 6.87. The van der Waals surface area contributed by atoms with Crippen molar-refractivity contribution < 1.29 is 13.4 Å². The van der Waals surface area contributed by atoms with E-state index in [1.54, 1.807) is 18.2 Å². The van der Waals surface area contributed by atoms with Gasteiger partial charge < -0.3 is 5.32 Å². The smallest absolute Gasteiger partial charge is 0.304 e. The lowest BCUT2D eigenvalue weighted by molar-refractivity contribution is 0.102. The van der Waals surface area contributed by atoms with Gasteiger partial charge in [-0.2, -0.15) is 4.98 Å². The summed E-state index contributed by atoms with van der Waals surface area (Å²) in [5.74, 6) is -2.14. The highest BCUT2D eigenvalue weighted by Gasteiger charge is 2.16. The fourth-order valence-corrected chi connectivity index (χ4v) is 3.15. The third kappa shape index (κ3) is 3.87. The molecule has 1 N–H and O–H groups in total. The highest BCUT2D eigenvalue weighted by Crippen LogP contribution is 2.15. The zero-order chi connectivity index (χ0) is 18.7. The molecule has 0 fully saturated rings. The van der Waals surface area contributed by atoms with Crippen LogP contribution in [0.25, 0.3) is 0 Å². The van der Waals surface area contributed by atoms with Crippen molar-refractivity contribution in [2.45, 2.75) is 4.90 Å². The van der Waals surface area contributed by atoms with E-state index < -0.39 is 34.2 Å². The van der Waals surface area contributed by atoms with Crippen LogP contribution in [-0.4, -0.2) is 19.1 Å². The summed E-state index contributed by atoms with van der Waals surface area (Å²) in [4.78, 5) is 27.9. The number of halogens is 2. The molecule has 0 spiro atoms.